The summed E-state index contributed by atoms with van der Waals surface area (Å²) in [4.78, 5) is 10.3. The lowest BCUT2D eigenvalue weighted by atomic mass is 9.77. The van der Waals surface area contributed by atoms with Gasteiger partial charge in [-0.3, -0.25) is 0 Å². The van der Waals surface area contributed by atoms with Crippen molar-refractivity contribution in [2.45, 2.75) is 46.5 Å². The molecule has 0 spiro atoms. The summed E-state index contributed by atoms with van der Waals surface area (Å²) in [5, 5.41) is 0. The maximum Gasteiger partial charge on any atom is 0.120 e. The van der Waals surface area contributed by atoms with Gasteiger partial charge in [0.15, 0.2) is 0 Å². The van der Waals surface area contributed by atoms with Gasteiger partial charge in [-0.05, 0) is 37.0 Å². The van der Waals surface area contributed by atoms with Gasteiger partial charge in [0.1, 0.15) is 6.29 Å². The number of allylic oxidation sites excluding steroid dienone is 2. The molecule has 0 radical (unpaired) electrons. The van der Waals surface area contributed by atoms with E-state index in [-0.39, 0.29) is 0 Å². The van der Waals surface area contributed by atoms with E-state index in [4.69, 9.17) is 0 Å². The van der Waals surface area contributed by atoms with Gasteiger partial charge in [0.05, 0.1) is 0 Å². The molecule has 1 heteroatoms. The highest BCUT2D eigenvalue weighted by atomic mass is 16.1. The van der Waals surface area contributed by atoms with Gasteiger partial charge in [-0.1, -0.05) is 32.4 Å². The molecule has 0 aromatic heterocycles. The highest BCUT2D eigenvalue weighted by molar-refractivity contribution is 5.49. The predicted molar refractivity (Wildman–Crippen MR) is 60.1 cm³/mol. The molecule has 0 aromatic rings. The summed E-state index contributed by atoms with van der Waals surface area (Å²) in [7, 11) is 0. The third-order valence-electron chi connectivity index (χ3n) is 3.17. The summed E-state index contributed by atoms with van der Waals surface area (Å²) >= 11 is 0. The summed E-state index contributed by atoms with van der Waals surface area (Å²) in [6.07, 6.45) is 7.67. The van der Waals surface area contributed by atoms with E-state index >= 15 is 0 Å². The Kier molecular flexibility index (Phi) is 4.37. The van der Waals surface area contributed by atoms with Crippen LogP contribution in [-0.4, -0.2) is 6.29 Å². The van der Waals surface area contributed by atoms with Crippen LogP contribution in [0.1, 0.15) is 46.5 Å². The largest absolute Gasteiger partial charge is 0.303 e. The predicted octanol–water partition coefficient (Wildman–Crippen LogP) is 3.59. The van der Waals surface area contributed by atoms with Crippen molar-refractivity contribution < 1.29 is 4.79 Å². The molecule has 0 aliphatic heterocycles. The molecule has 14 heavy (non-hydrogen) atoms. The van der Waals surface area contributed by atoms with Crippen molar-refractivity contribution in [1.29, 1.82) is 0 Å². The van der Waals surface area contributed by atoms with Crippen molar-refractivity contribution in [2.24, 2.45) is 17.8 Å². The molecule has 0 amide bonds. The monoisotopic (exact) mass is 194 g/mol. The molecule has 0 N–H and O–H groups in total. The molecule has 1 aliphatic carbocycles. The Labute approximate surface area is 87.6 Å². The Morgan fingerprint density at radius 3 is 2.86 bits per heavy atom. The minimum Gasteiger partial charge on any atom is -0.303 e. The quantitative estimate of drug-likeness (QED) is 0.493. The minimum atomic E-state index is 0.698. The maximum absolute atomic E-state index is 10.3. The topological polar surface area (TPSA) is 17.1 Å². The highest BCUT2D eigenvalue weighted by Gasteiger charge is 2.21. The van der Waals surface area contributed by atoms with E-state index in [1.807, 2.05) is 0 Å². The molecule has 0 bridgehead atoms. The molecule has 0 heterocycles. The van der Waals surface area contributed by atoms with Crippen LogP contribution in [0, 0.1) is 17.8 Å². The van der Waals surface area contributed by atoms with Gasteiger partial charge in [-0.2, -0.15) is 0 Å². The van der Waals surface area contributed by atoms with Crippen LogP contribution in [0.15, 0.2) is 11.6 Å². The van der Waals surface area contributed by atoms with Crippen LogP contribution in [0.4, 0.5) is 0 Å². The number of aldehydes is 1. The van der Waals surface area contributed by atoms with Crippen LogP contribution in [0.5, 0.6) is 0 Å². The van der Waals surface area contributed by atoms with E-state index in [0.29, 0.717) is 6.42 Å². The molecule has 0 aromatic carbocycles. The SMILES string of the molecule is CC1CC(CCC=O)=CC(C(C)C)C1. The lowest BCUT2D eigenvalue weighted by molar-refractivity contribution is -0.107. The first-order valence-electron chi connectivity index (χ1n) is 5.76. The fraction of sp³-hybridized carbons (Fsp3) is 0.769. The molecule has 0 fully saturated rings. The van der Waals surface area contributed by atoms with E-state index in [1.54, 1.807) is 0 Å². The first-order chi connectivity index (χ1) is 6.63. The van der Waals surface area contributed by atoms with Gasteiger partial charge >= 0.3 is 0 Å². The zero-order chi connectivity index (χ0) is 10.6. The lowest BCUT2D eigenvalue weighted by Crippen LogP contribution is -2.16. The normalized spacial score (nSPS) is 27.6. The van der Waals surface area contributed by atoms with E-state index in [0.717, 1.165) is 30.5 Å². The number of carbonyl (C=O) groups excluding carboxylic acids is 1. The second kappa shape index (κ2) is 5.33. The van der Waals surface area contributed by atoms with Crippen molar-refractivity contribution in [2.75, 3.05) is 0 Å². The maximum atomic E-state index is 10.3. The molecule has 1 nitrogen and oxygen atoms in total. The zero-order valence-electron chi connectivity index (χ0n) is 9.62. The van der Waals surface area contributed by atoms with E-state index in [9.17, 15) is 4.79 Å². The zero-order valence-corrected chi connectivity index (χ0v) is 9.62. The second-order valence-corrected chi connectivity index (χ2v) is 4.98. The Balaban J connectivity index is 2.58. The molecule has 2 atom stereocenters. The van der Waals surface area contributed by atoms with Gasteiger partial charge in [0, 0.05) is 6.42 Å². The molecule has 1 aliphatic rings. The number of hydrogen-bond donors (Lipinski definition) is 0. The van der Waals surface area contributed by atoms with Gasteiger partial charge < -0.3 is 4.79 Å². The lowest BCUT2D eigenvalue weighted by Gasteiger charge is -2.28. The average molecular weight is 194 g/mol. The Morgan fingerprint density at radius 1 is 1.57 bits per heavy atom. The van der Waals surface area contributed by atoms with E-state index < -0.39 is 0 Å². The number of hydrogen-bond acceptors (Lipinski definition) is 1. The van der Waals surface area contributed by atoms with Gasteiger partial charge in [-0.25, -0.2) is 0 Å². The van der Waals surface area contributed by atoms with Crippen molar-refractivity contribution in [3.05, 3.63) is 11.6 Å². The molecule has 2 unspecified atom stereocenters. The summed E-state index contributed by atoms with van der Waals surface area (Å²) < 4.78 is 0. The van der Waals surface area contributed by atoms with E-state index in [2.05, 4.69) is 26.8 Å². The fourth-order valence-corrected chi connectivity index (χ4v) is 2.33. The molecule has 0 saturated heterocycles. The summed E-state index contributed by atoms with van der Waals surface area (Å²) in [5.41, 5.74) is 1.51. The smallest absolute Gasteiger partial charge is 0.120 e. The number of rotatable bonds is 4. The molecular weight excluding hydrogens is 172 g/mol. The van der Waals surface area contributed by atoms with Crippen LogP contribution in [-0.2, 0) is 4.79 Å². The summed E-state index contributed by atoms with van der Waals surface area (Å²) in [6, 6.07) is 0. The summed E-state index contributed by atoms with van der Waals surface area (Å²) in [5.74, 6) is 2.28. The van der Waals surface area contributed by atoms with Gasteiger partial charge in [0.2, 0.25) is 0 Å². The first-order valence-corrected chi connectivity index (χ1v) is 5.76. The van der Waals surface area contributed by atoms with Crippen LogP contribution < -0.4 is 0 Å². The fourth-order valence-electron chi connectivity index (χ4n) is 2.33. The van der Waals surface area contributed by atoms with Gasteiger partial charge in [0.25, 0.3) is 0 Å². The minimum absolute atomic E-state index is 0.698. The third kappa shape index (κ3) is 3.28. The Morgan fingerprint density at radius 2 is 2.29 bits per heavy atom. The van der Waals surface area contributed by atoms with Crippen molar-refractivity contribution >= 4 is 6.29 Å². The molecule has 0 saturated carbocycles. The third-order valence-corrected chi connectivity index (χ3v) is 3.17. The van der Waals surface area contributed by atoms with Crippen LogP contribution in [0.3, 0.4) is 0 Å². The van der Waals surface area contributed by atoms with Gasteiger partial charge in [-0.15, -0.1) is 0 Å². The van der Waals surface area contributed by atoms with Crippen LogP contribution in [0.25, 0.3) is 0 Å². The molecule has 1 rings (SSSR count). The van der Waals surface area contributed by atoms with Crippen molar-refractivity contribution in [3.8, 4) is 0 Å². The number of carbonyl (C=O) groups is 1. The second-order valence-electron chi connectivity index (χ2n) is 4.98. The molecule has 80 valence electrons. The van der Waals surface area contributed by atoms with Crippen LogP contribution >= 0.6 is 0 Å². The Bertz CT molecular complexity index is 215. The average Bonchev–Trinajstić information content (AvgIpc) is 2.14. The first kappa shape index (κ1) is 11.5. The Hall–Kier alpha value is -0.590. The van der Waals surface area contributed by atoms with Crippen molar-refractivity contribution in [1.82, 2.24) is 0 Å². The van der Waals surface area contributed by atoms with Crippen LogP contribution in [0.2, 0.25) is 0 Å². The highest BCUT2D eigenvalue weighted by Crippen LogP contribution is 2.33. The van der Waals surface area contributed by atoms with E-state index in [1.165, 1.54) is 18.4 Å². The molecular formula is C13H22O. The standard InChI is InChI=1S/C13H22O/c1-10(2)13-8-11(3)7-12(9-13)5-4-6-14/h6,9-11,13H,4-5,7-8H2,1-3H3. The van der Waals surface area contributed by atoms with Crippen molar-refractivity contribution in [3.63, 3.8) is 0 Å². The summed E-state index contributed by atoms with van der Waals surface area (Å²) in [6.45, 7) is 6.90.